The van der Waals surface area contributed by atoms with Crippen molar-refractivity contribution in [2.75, 3.05) is 39.3 Å². The second-order valence-corrected chi connectivity index (χ2v) is 5.74. The van der Waals surface area contributed by atoms with E-state index in [1.165, 1.54) is 4.90 Å². The minimum Gasteiger partial charge on any atom is -0.354 e. The maximum absolute atomic E-state index is 12.0. The second-order valence-electron chi connectivity index (χ2n) is 5.74. The van der Waals surface area contributed by atoms with Gasteiger partial charge in [-0.05, 0) is 5.92 Å². The van der Waals surface area contributed by atoms with Crippen molar-refractivity contribution in [3.05, 3.63) is 0 Å². The number of amides is 3. The molecule has 0 aromatic carbocycles. The SMILES string of the molecule is CC(C)CNC(=O)CN1CC2CNCCN2C(=O)C1=O. The van der Waals surface area contributed by atoms with Gasteiger partial charge >= 0.3 is 11.8 Å². The smallest absolute Gasteiger partial charge is 0.312 e. The fourth-order valence-corrected chi connectivity index (χ4v) is 2.47. The molecule has 2 N–H and O–H groups in total. The summed E-state index contributed by atoms with van der Waals surface area (Å²) in [5.74, 6) is -0.907. The fraction of sp³-hybridized carbons (Fsp3) is 0.769. The van der Waals surface area contributed by atoms with Gasteiger partial charge in [-0.3, -0.25) is 14.4 Å². The van der Waals surface area contributed by atoms with Crippen molar-refractivity contribution in [1.29, 1.82) is 0 Å². The van der Waals surface area contributed by atoms with E-state index in [-0.39, 0.29) is 18.5 Å². The van der Waals surface area contributed by atoms with E-state index in [1.807, 2.05) is 13.8 Å². The van der Waals surface area contributed by atoms with Crippen molar-refractivity contribution < 1.29 is 14.4 Å². The fourth-order valence-electron chi connectivity index (χ4n) is 2.47. The Kier molecular flexibility index (Phi) is 4.59. The number of hydrogen-bond donors (Lipinski definition) is 2. The zero-order valence-electron chi connectivity index (χ0n) is 12.0. The van der Waals surface area contributed by atoms with Crippen LogP contribution in [-0.4, -0.2) is 72.8 Å². The van der Waals surface area contributed by atoms with Gasteiger partial charge < -0.3 is 20.4 Å². The Morgan fingerprint density at radius 2 is 2.15 bits per heavy atom. The molecule has 7 heteroatoms. The summed E-state index contributed by atoms with van der Waals surface area (Å²) in [5, 5.41) is 5.96. The number of fused-ring (bicyclic) bond motifs is 1. The molecule has 1 unspecified atom stereocenters. The largest absolute Gasteiger partial charge is 0.354 e. The number of carbonyl (C=O) groups is 3. The third-order valence-corrected chi connectivity index (χ3v) is 3.55. The molecular formula is C13H22N4O3. The van der Waals surface area contributed by atoms with Gasteiger partial charge in [-0.25, -0.2) is 0 Å². The molecule has 2 saturated heterocycles. The molecule has 112 valence electrons. The molecule has 2 aliphatic heterocycles. The lowest BCUT2D eigenvalue weighted by molar-refractivity contribution is -0.160. The van der Waals surface area contributed by atoms with E-state index in [0.717, 1.165) is 0 Å². The third kappa shape index (κ3) is 3.27. The highest BCUT2D eigenvalue weighted by atomic mass is 16.2. The highest BCUT2D eigenvalue weighted by Crippen LogP contribution is 2.13. The molecule has 1 atom stereocenters. The summed E-state index contributed by atoms with van der Waals surface area (Å²) >= 11 is 0. The molecule has 0 saturated carbocycles. The molecule has 2 rings (SSSR count). The van der Waals surface area contributed by atoms with E-state index in [1.54, 1.807) is 4.90 Å². The Hall–Kier alpha value is -1.63. The molecule has 3 amide bonds. The summed E-state index contributed by atoms with van der Waals surface area (Å²) in [6.45, 7) is 6.90. The van der Waals surface area contributed by atoms with Crippen LogP contribution >= 0.6 is 0 Å². The van der Waals surface area contributed by atoms with Gasteiger partial charge in [0.05, 0.1) is 6.04 Å². The molecule has 0 aromatic heterocycles. The summed E-state index contributed by atoms with van der Waals surface area (Å²) < 4.78 is 0. The van der Waals surface area contributed by atoms with Crippen molar-refractivity contribution in [3.8, 4) is 0 Å². The van der Waals surface area contributed by atoms with Crippen LogP contribution in [0.4, 0.5) is 0 Å². The van der Waals surface area contributed by atoms with E-state index < -0.39 is 11.8 Å². The Labute approximate surface area is 118 Å². The molecular weight excluding hydrogens is 260 g/mol. The zero-order valence-corrected chi connectivity index (χ0v) is 12.0. The number of nitrogens with zero attached hydrogens (tertiary/aromatic N) is 2. The van der Waals surface area contributed by atoms with Gasteiger partial charge in [-0.2, -0.15) is 0 Å². The van der Waals surface area contributed by atoms with Gasteiger partial charge in [0.1, 0.15) is 6.54 Å². The first kappa shape index (κ1) is 14.8. The van der Waals surface area contributed by atoms with Crippen molar-refractivity contribution >= 4 is 17.7 Å². The Morgan fingerprint density at radius 3 is 2.85 bits per heavy atom. The minimum atomic E-state index is -0.567. The first-order valence-corrected chi connectivity index (χ1v) is 7.06. The first-order chi connectivity index (χ1) is 9.49. The molecule has 20 heavy (non-hydrogen) atoms. The summed E-state index contributed by atoms with van der Waals surface area (Å²) in [4.78, 5) is 38.7. The first-order valence-electron chi connectivity index (χ1n) is 7.06. The minimum absolute atomic E-state index is 0.0214. The van der Waals surface area contributed by atoms with Crippen LogP contribution in [-0.2, 0) is 14.4 Å². The normalized spacial score (nSPS) is 23.1. The molecule has 0 radical (unpaired) electrons. The molecule has 2 heterocycles. The highest BCUT2D eigenvalue weighted by Gasteiger charge is 2.40. The number of hydrogen-bond acceptors (Lipinski definition) is 4. The van der Waals surface area contributed by atoms with Crippen LogP contribution < -0.4 is 10.6 Å². The third-order valence-electron chi connectivity index (χ3n) is 3.55. The predicted molar refractivity (Wildman–Crippen MR) is 72.8 cm³/mol. The van der Waals surface area contributed by atoms with Gasteiger partial charge in [0.25, 0.3) is 0 Å². The van der Waals surface area contributed by atoms with E-state index in [2.05, 4.69) is 10.6 Å². The van der Waals surface area contributed by atoms with Gasteiger partial charge in [-0.15, -0.1) is 0 Å². The Bertz CT molecular complexity index is 410. The van der Waals surface area contributed by atoms with Crippen molar-refractivity contribution in [2.24, 2.45) is 5.92 Å². The van der Waals surface area contributed by atoms with Gasteiger partial charge in [-0.1, -0.05) is 13.8 Å². The van der Waals surface area contributed by atoms with E-state index >= 15 is 0 Å². The average Bonchev–Trinajstić information content (AvgIpc) is 2.42. The quantitative estimate of drug-likeness (QED) is 0.609. The molecule has 0 aromatic rings. The van der Waals surface area contributed by atoms with Gasteiger partial charge in [0.15, 0.2) is 0 Å². The lowest BCUT2D eigenvalue weighted by atomic mass is 10.1. The van der Waals surface area contributed by atoms with Crippen LogP contribution in [0, 0.1) is 5.92 Å². The van der Waals surface area contributed by atoms with Crippen LogP contribution in [0.15, 0.2) is 0 Å². The summed E-state index contributed by atoms with van der Waals surface area (Å²) in [7, 11) is 0. The molecule has 2 fully saturated rings. The summed E-state index contributed by atoms with van der Waals surface area (Å²) in [5.41, 5.74) is 0. The van der Waals surface area contributed by atoms with Crippen LogP contribution in [0.3, 0.4) is 0 Å². The van der Waals surface area contributed by atoms with E-state index in [9.17, 15) is 14.4 Å². The Balaban J connectivity index is 1.93. The second kappa shape index (κ2) is 6.21. The molecule has 7 nitrogen and oxygen atoms in total. The monoisotopic (exact) mass is 282 g/mol. The molecule has 0 aliphatic carbocycles. The summed E-state index contributed by atoms with van der Waals surface area (Å²) in [6.07, 6.45) is 0. The number of rotatable bonds is 4. The highest BCUT2D eigenvalue weighted by molar-refractivity contribution is 6.35. The van der Waals surface area contributed by atoms with E-state index in [0.29, 0.717) is 38.6 Å². The van der Waals surface area contributed by atoms with Crippen LogP contribution in [0.2, 0.25) is 0 Å². The lowest BCUT2D eigenvalue weighted by Crippen LogP contribution is -2.66. The number of piperazine rings is 2. The molecule has 0 bridgehead atoms. The molecule has 0 spiro atoms. The number of carbonyl (C=O) groups excluding carboxylic acids is 3. The van der Waals surface area contributed by atoms with Crippen LogP contribution in [0.5, 0.6) is 0 Å². The lowest BCUT2D eigenvalue weighted by Gasteiger charge is -2.43. The van der Waals surface area contributed by atoms with Gasteiger partial charge in [0.2, 0.25) is 5.91 Å². The standard InChI is InChI=1S/C13H22N4O3/c1-9(2)5-15-11(18)8-16-7-10-6-14-3-4-17(10)13(20)12(16)19/h9-10,14H,3-8H2,1-2H3,(H,15,18). The van der Waals surface area contributed by atoms with Crippen molar-refractivity contribution in [2.45, 2.75) is 19.9 Å². The Morgan fingerprint density at radius 1 is 1.40 bits per heavy atom. The van der Waals surface area contributed by atoms with Crippen molar-refractivity contribution in [3.63, 3.8) is 0 Å². The topological polar surface area (TPSA) is 81.8 Å². The molecule has 2 aliphatic rings. The maximum atomic E-state index is 12.0. The average molecular weight is 282 g/mol. The predicted octanol–water partition coefficient (Wildman–Crippen LogP) is -1.60. The van der Waals surface area contributed by atoms with Crippen molar-refractivity contribution in [1.82, 2.24) is 20.4 Å². The van der Waals surface area contributed by atoms with Crippen LogP contribution in [0.1, 0.15) is 13.8 Å². The number of nitrogens with one attached hydrogen (secondary N) is 2. The summed E-state index contributed by atoms with van der Waals surface area (Å²) in [6, 6.07) is -0.0214. The maximum Gasteiger partial charge on any atom is 0.312 e. The zero-order chi connectivity index (χ0) is 14.7. The van der Waals surface area contributed by atoms with Gasteiger partial charge in [0, 0.05) is 32.7 Å². The van der Waals surface area contributed by atoms with Crippen LogP contribution in [0.25, 0.3) is 0 Å². The van der Waals surface area contributed by atoms with E-state index in [4.69, 9.17) is 0 Å².